The third-order valence-electron chi connectivity index (χ3n) is 3.83. The fourth-order valence-corrected chi connectivity index (χ4v) is 3.90. The number of hydrogen-bond donors (Lipinski definition) is 1. The molecule has 1 N–H and O–H groups in total. The molecule has 0 saturated carbocycles. The lowest BCUT2D eigenvalue weighted by atomic mass is 10.1. The van der Waals surface area contributed by atoms with Crippen molar-refractivity contribution in [1.82, 2.24) is 4.72 Å². The summed E-state index contributed by atoms with van der Waals surface area (Å²) in [4.78, 5) is 12.5. The first-order valence-electron chi connectivity index (χ1n) is 8.17. The summed E-state index contributed by atoms with van der Waals surface area (Å²) >= 11 is 3.25. The number of carbonyl (C=O) groups excluding carboxylic acids is 1. The van der Waals surface area contributed by atoms with Crippen molar-refractivity contribution in [3.05, 3.63) is 64.1 Å². The van der Waals surface area contributed by atoms with Gasteiger partial charge < -0.3 is 4.74 Å². The summed E-state index contributed by atoms with van der Waals surface area (Å²) in [6, 6.07) is 13.8. The maximum absolute atomic E-state index is 12.6. The van der Waals surface area contributed by atoms with Crippen molar-refractivity contribution in [2.45, 2.75) is 31.4 Å². The number of rotatable bonds is 7. The monoisotopic (exact) mass is 450 g/mol. The highest BCUT2D eigenvalue weighted by Crippen LogP contribution is 2.17. The van der Waals surface area contributed by atoms with Gasteiger partial charge in [-0.1, -0.05) is 48.0 Å². The Balaban J connectivity index is 2.13. The highest BCUT2D eigenvalue weighted by Gasteiger charge is 2.29. The second-order valence-corrected chi connectivity index (χ2v) is 8.80. The zero-order valence-corrected chi connectivity index (χ0v) is 17.2. The number of nitriles is 1. The zero-order valence-electron chi connectivity index (χ0n) is 14.8. The Morgan fingerprint density at radius 1 is 1.19 bits per heavy atom. The number of esters is 1. The average Bonchev–Trinajstić information content (AvgIpc) is 2.64. The number of sulfonamides is 1. The number of nitrogens with zero attached hydrogens (tertiary/aromatic N) is 1. The van der Waals surface area contributed by atoms with Crippen molar-refractivity contribution in [2.24, 2.45) is 5.92 Å². The summed E-state index contributed by atoms with van der Waals surface area (Å²) in [7, 11) is -3.89. The standard InChI is InChI=1S/C19H19BrN2O4S/c1-13(2)18(22-27(24,25)17-9-7-16(20)8-10-17)19(23)26-12-15-6-4-3-5-14(15)11-21/h3-10,13,18,22H,12H2,1-2H3/t18-/m0/s1. The SMILES string of the molecule is CC(C)[C@H](NS(=O)(=O)c1ccc(Br)cc1)C(=O)OCc1ccccc1C#N. The lowest BCUT2D eigenvalue weighted by Crippen LogP contribution is -2.45. The minimum atomic E-state index is -3.89. The van der Waals surface area contributed by atoms with Crippen molar-refractivity contribution >= 4 is 31.9 Å². The highest BCUT2D eigenvalue weighted by molar-refractivity contribution is 9.10. The topological polar surface area (TPSA) is 96.3 Å². The van der Waals surface area contributed by atoms with Crippen LogP contribution in [-0.4, -0.2) is 20.4 Å². The summed E-state index contributed by atoms with van der Waals surface area (Å²) in [6.07, 6.45) is 0. The molecule has 0 radical (unpaired) electrons. The van der Waals surface area contributed by atoms with Crippen LogP contribution in [0.15, 0.2) is 57.9 Å². The van der Waals surface area contributed by atoms with E-state index in [1.54, 1.807) is 50.2 Å². The molecule has 0 aliphatic heterocycles. The van der Waals surface area contributed by atoms with Gasteiger partial charge in [-0.25, -0.2) is 8.42 Å². The maximum atomic E-state index is 12.6. The van der Waals surface area contributed by atoms with E-state index in [9.17, 15) is 13.2 Å². The molecule has 0 fully saturated rings. The molecule has 0 aromatic heterocycles. The molecule has 2 rings (SSSR count). The fraction of sp³-hybridized carbons (Fsp3) is 0.263. The molecule has 0 aliphatic rings. The van der Waals surface area contributed by atoms with E-state index in [0.717, 1.165) is 4.47 Å². The number of benzene rings is 2. The maximum Gasteiger partial charge on any atom is 0.324 e. The predicted molar refractivity (Wildman–Crippen MR) is 104 cm³/mol. The third kappa shape index (κ3) is 5.63. The molecule has 8 heteroatoms. The lowest BCUT2D eigenvalue weighted by molar-refractivity contribution is -0.148. The average molecular weight is 451 g/mol. The summed E-state index contributed by atoms with van der Waals surface area (Å²) < 4.78 is 33.5. The molecule has 0 spiro atoms. The van der Waals surface area contributed by atoms with Crippen LogP contribution in [0.5, 0.6) is 0 Å². The largest absolute Gasteiger partial charge is 0.460 e. The zero-order chi connectivity index (χ0) is 20.0. The van der Waals surface area contributed by atoms with Gasteiger partial charge in [0.2, 0.25) is 10.0 Å². The molecule has 142 valence electrons. The number of halogens is 1. The van der Waals surface area contributed by atoms with E-state index < -0.39 is 22.0 Å². The van der Waals surface area contributed by atoms with Gasteiger partial charge >= 0.3 is 5.97 Å². The van der Waals surface area contributed by atoms with Gasteiger partial charge in [-0.3, -0.25) is 4.79 Å². The van der Waals surface area contributed by atoms with Crippen LogP contribution in [0.2, 0.25) is 0 Å². The van der Waals surface area contributed by atoms with E-state index >= 15 is 0 Å². The van der Waals surface area contributed by atoms with E-state index in [2.05, 4.69) is 20.7 Å². The second kappa shape index (κ2) is 9.13. The van der Waals surface area contributed by atoms with Crippen molar-refractivity contribution in [3.63, 3.8) is 0 Å². The molecule has 27 heavy (non-hydrogen) atoms. The van der Waals surface area contributed by atoms with E-state index in [-0.39, 0.29) is 17.4 Å². The summed E-state index contributed by atoms with van der Waals surface area (Å²) in [6.45, 7) is 3.34. The number of hydrogen-bond acceptors (Lipinski definition) is 5. The van der Waals surface area contributed by atoms with Crippen molar-refractivity contribution in [1.29, 1.82) is 5.26 Å². The van der Waals surface area contributed by atoms with Gasteiger partial charge in [-0.15, -0.1) is 0 Å². The van der Waals surface area contributed by atoms with Crippen LogP contribution < -0.4 is 4.72 Å². The number of carbonyl (C=O) groups is 1. The molecule has 0 heterocycles. The molecular weight excluding hydrogens is 432 g/mol. The molecule has 0 unspecified atom stereocenters. The van der Waals surface area contributed by atoms with E-state index in [4.69, 9.17) is 10.00 Å². The van der Waals surface area contributed by atoms with Gasteiger partial charge in [0.05, 0.1) is 16.5 Å². The molecule has 0 amide bonds. The minimum absolute atomic E-state index is 0.0546. The van der Waals surface area contributed by atoms with Crippen LogP contribution in [0.4, 0.5) is 0 Å². The predicted octanol–water partition coefficient (Wildman–Crippen LogP) is 3.37. The van der Waals surface area contributed by atoms with E-state index in [0.29, 0.717) is 11.1 Å². The lowest BCUT2D eigenvalue weighted by Gasteiger charge is -2.21. The summed E-state index contributed by atoms with van der Waals surface area (Å²) in [5.74, 6) is -1.02. The van der Waals surface area contributed by atoms with Crippen LogP contribution in [0.25, 0.3) is 0 Å². The van der Waals surface area contributed by atoms with Crippen molar-refractivity contribution in [3.8, 4) is 6.07 Å². The Labute approximate surface area is 167 Å². The highest BCUT2D eigenvalue weighted by atomic mass is 79.9. The Morgan fingerprint density at radius 2 is 1.81 bits per heavy atom. The van der Waals surface area contributed by atoms with Crippen LogP contribution in [-0.2, 0) is 26.2 Å². The van der Waals surface area contributed by atoms with Crippen molar-refractivity contribution < 1.29 is 17.9 Å². The van der Waals surface area contributed by atoms with Crippen molar-refractivity contribution in [2.75, 3.05) is 0 Å². The van der Waals surface area contributed by atoms with Crippen LogP contribution in [0.1, 0.15) is 25.0 Å². The van der Waals surface area contributed by atoms with Gasteiger partial charge in [0.1, 0.15) is 12.6 Å². The molecular formula is C19H19BrN2O4S. The quantitative estimate of drug-likeness (QED) is 0.652. The molecule has 0 aliphatic carbocycles. The van der Waals surface area contributed by atoms with Gasteiger partial charge in [-0.2, -0.15) is 9.98 Å². The number of ether oxygens (including phenoxy) is 1. The third-order valence-corrected chi connectivity index (χ3v) is 5.82. The molecule has 6 nitrogen and oxygen atoms in total. The number of nitrogens with one attached hydrogen (secondary N) is 1. The van der Waals surface area contributed by atoms with Gasteiger partial charge in [0.15, 0.2) is 0 Å². The summed E-state index contributed by atoms with van der Waals surface area (Å²) in [5, 5.41) is 9.09. The smallest absolute Gasteiger partial charge is 0.324 e. The normalized spacial score (nSPS) is 12.4. The Bertz CT molecular complexity index is 950. The molecule has 2 aromatic rings. The van der Waals surface area contributed by atoms with Gasteiger partial charge in [0.25, 0.3) is 0 Å². The van der Waals surface area contributed by atoms with Crippen LogP contribution >= 0.6 is 15.9 Å². The second-order valence-electron chi connectivity index (χ2n) is 6.17. The Hall–Kier alpha value is -2.21. The van der Waals surface area contributed by atoms with Gasteiger partial charge in [0, 0.05) is 10.0 Å². The van der Waals surface area contributed by atoms with E-state index in [1.165, 1.54) is 12.1 Å². The first-order chi connectivity index (χ1) is 12.7. The Morgan fingerprint density at radius 3 is 2.41 bits per heavy atom. The molecule has 0 saturated heterocycles. The summed E-state index contributed by atoms with van der Waals surface area (Å²) in [5.41, 5.74) is 0.966. The minimum Gasteiger partial charge on any atom is -0.460 e. The first-order valence-corrected chi connectivity index (χ1v) is 10.4. The van der Waals surface area contributed by atoms with Crippen LogP contribution in [0.3, 0.4) is 0 Å². The van der Waals surface area contributed by atoms with Gasteiger partial charge in [-0.05, 0) is 36.2 Å². The molecule has 2 aromatic carbocycles. The van der Waals surface area contributed by atoms with Crippen LogP contribution in [0, 0.1) is 17.2 Å². The first kappa shape index (κ1) is 21.1. The molecule has 0 bridgehead atoms. The Kier molecular flexibility index (Phi) is 7.13. The molecule has 1 atom stereocenters. The van der Waals surface area contributed by atoms with E-state index in [1.807, 2.05) is 6.07 Å². The fourth-order valence-electron chi connectivity index (χ4n) is 2.30.